The summed E-state index contributed by atoms with van der Waals surface area (Å²) in [6.45, 7) is 10.6. The molecule has 1 unspecified atom stereocenters. The van der Waals surface area contributed by atoms with Crippen molar-refractivity contribution in [2.45, 2.75) is 90.7 Å². The maximum Gasteiger partial charge on any atom is 0.408 e. The smallest absolute Gasteiger partial charge is 0.408 e. The highest BCUT2D eigenvalue weighted by Gasteiger charge is 2.40. The zero-order chi connectivity index (χ0) is 25.5. The molecule has 2 rings (SSSR count). The van der Waals surface area contributed by atoms with Crippen LogP contribution in [0.2, 0.25) is 0 Å². The monoisotopic (exact) mass is 476 g/mol. The van der Waals surface area contributed by atoms with Gasteiger partial charge in [0.25, 0.3) is 0 Å². The summed E-state index contributed by atoms with van der Waals surface area (Å²) in [7, 11) is 0. The van der Waals surface area contributed by atoms with Crippen molar-refractivity contribution in [3.05, 3.63) is 35.9 Å². The molecule has 0 saturated carbocycles. The van der Waals surface area contributed by atoms with Gasteiger partial charge in [-0.25, -0.2) is 9.59 Å². The van der Waals surface area contributed by atoms with Crippen molar-refractivity contribution < 1.29 is 33.4 Å². The standard InChI is InChI=1S/C25H36N2O7/c1-24(2,3)33-20(28)15-18(26-23(31)34-25(4,5)6)21(29)27-14-10-13-19(27)22(30)32-16-17-11-8-7-9-12-17/h7-9,11-12,18-19H,10,13-16H2,1-6H3,(H,26,31)/t18?,19-/m0/s1. The summed E-state index contributed by atoms with van der Waals surface area (Å²) in [6, 6.07) is 7.20. The van der Waals surface area contributed by atoms with Crippen LogP contribution in [0.25, 0.3) is 0 Å². The molecule has 1 aliphatic rings. The molecule has 1 saturated heterocycles. The Kier molecular flexibility index (Phi) is 9.06. The van der Waals surface area contributed by atoms with Crippen LogP contribution < -0.4 is 5.32 Å². The fourth-order valence-corrected chi connectivity index (χ4v) is 3.50. The Morgan fingerprint density at radius 2 is 1.62 bits per heavy atom. The third kappa shape index (κ3) is 9.03. The van der Waals surface area contributed by atoms with Crippen LogP contribution in [-0.2, 0) is 35.2 Å². The second kappa shape index (κ2) is 11.4. The van der Waals surface area contributed by atoms with Gasteiger partial charge in [0.05, 0.1) is 6.42 Å². The molecule has 0 aliphatic carbocycles. The molecule has 1 aliphatic heterocycles. The molecule has 1 fully saturated rings. The molecule has 2 amide bonds. The number of nitrogens with zero attached hydrogens (tertiary/aromatic N) is 1. The van der Waals surface area contributed by atoms with Crippen LogP contribution >= 0.6 is 0 Å². The summed E-state index contributed by atoms with van der Waals surface area (Å²) < 4.78 is 16.0. The third-order valence-corrected chi connectivity index (χ3v) is 4.81. The van der Waals surface area contributed by atoms with Gasteiger partial charge in [-0.15, -0.1) is 0 Å². The van der Waals surface area contributed by atoms with Crippen LogP contribution in [0.1, 0.15) is 66.4 Å². The average molecular weight is 477 g/mol. The maximum absolute atomic E-state index is 13.4. The van der Waals surface area contributed by atoms with Gasteiger partial charge in [0, 0.05) is 6.54 Å². The zero-order valence-corrected chi connectivity index (χ0v) is 20.9. The number of amides is 2. The van der Waals surface area contributed by atoms with Crippen LogP contribution in [0.4, 0.5) is 4.79 Å². The van der Waals surface area contributed by atoms with Crippen LogP contribution in [0.3, 0.4) is 0 Å². The van der Waals surface area contributed by atoms with Crippen molar-refractivity contribution in [1.82, 2.24) is 10.2 Å². The number of nitrogens with one attached hydrogen (secondary N) is 1. The maximum atomic E-state index is 13.4. The molecule has 1 aromatic carbocycles. The van der Waals surface area contributed by atoms with E-state index in [-0.39, 0.29) is 6.61 Å². The van der Waals surface area contributed by atoms with Crippen molar-refractivity contribution >= 4 is 23.9 Å². The van der Waals surface area contributed by atoms with Crippen LogP contribution in [-0.4, -0.2) is 58.7 Å². The Labute approximate surface area is 201 Å². The fraction of sp³-hybridized carbons (Fsp3) is 0.600. The summed E-state index contributed by atoms with van der Waals surface area (Å²) in [5.41, 5.74) is -0.712. The largest absolute Gasteiger partial charge is 0.460 e. The molecular formula is C25H36N2O7. The Morgan fingerprint density at radius 3 is 2.21 bits per heavy atom. The quantitative estimate of drug-likeness (QED) is 0.474. The van der Waals surface area contributed by atoms with Crippen molar-refractivity contribution in [3.63, 3.8) is 0 Å². The zero-order valence-electron chi connectivity index (χ0n) is 20.9. The lowest BCUT2D eigenvalue weighted by Gasteiger charge is -2.29. The first-order valence-electron chi connectivity index (χ1n) is 11.5. The molecule has 1 N–H and O–H groups in total. The summed E-state index contributed by atoms with van der Waals surface area (Å²) in [5, 5.41) is 2.48. The number of hydrogen-bond acceptors (Lipinski definition) is 7. The van der Waals surface area contributed by atoms with Crippen molar-refractivity contribution in [2.24, 2.45) is 0 Å². The molecule has 9 heteroatoms. The van der Waals surface area contributed by atoms with E-state index in [1.54, 1.807) is 41.5 Å². The van der Waals surface area contributed by atoms with E-state index in [0.29, 0.717) is 19.4 Å². The van der Waals surface area contributed by atoms with Gasteiger partial charge in [0.15, 0.2) is 0 Å². The number of carbonyl (C=O) groups excluding carboxylic acids is 4. The number of likely N-dealkylation sites (tertiary alicyclic amines) is 1. The number of rotatable bonds is 7. The lowest BCUT2D eigenvalue weighted by Crippen LogP contribution is -2.53. The van der Waals surface area contributed by atoms with Crippen LogP contribution in [0, 0.1) is 0 Å². The van der Waals surface area contributed by atoms with E-state index in [2.05, 4.69) is 5.32 Å². The molecule has 1 heterocycles. The van der Waals surface area contributed by atoms with E-state index in [4.69, 9.17) is 14.2 Å². The molecule has 9 nitrogen and oxygen atoms in total. The van der Waals surface area contributed by atoms with E-state index in [9.17, 15) is 19.2 Å². The molecule has 0 spiro atoms. The SMILES string of the molecule is CC(C)(C)OC(=O)CC(NC(=O)OC(C)(C)C)C(=O)N1CCC[C@H]1C(=O)OCc1ccccc1. The van der Waals surface area contributed by atoms with E-state index in [1.165, 1.54) is 4.90 Å². The minimum absolute atomic E-state index is 0.0930. The van der Waals surface area contributed by atoms with Gasteiger partial charge in [0.1, 0.15) is 29.9 Å². The molecule has 0 aromatic heterocycles. The minimum Gasteiger partial charge on any atom is -0.460 e. The van der Waals surface area contributed by atoms with Crippen molar-refractivity contribution in [1.29, 1.82) is 0 Å². The van der Waals surface area contributed by atoms with Crippen LogP contribution in [0.15, 0.2) is 30.3 Å². The van der Waals surface area contributed by atoms with Gasteiger partial charge in [-0.1, -0.05) is 30.3 Å². The van der Waals surface area contributed by atoms with Crippen molar-refractivity contribution in [2.75, 3.05) is 6.54 Å². The molecular weight excluding hydrogens is 440 g/mol. The number of carbonyl (C=O) groups is 4. The number of esters is 2. The normalized spacial score (nSPS) is 17.0. The average Bonchev–Trinajstić information content (AvgIpc) is 3.19. The van der Waals surface area contributed by atoms with Gasteiger partial charge in [-0.2, -0.15) is 0 Å². The van der Waals surface area contributed by atoms with E-state index in [0.717, 1.165) is 5.56 Å². The lowest BCUT2D eigenvalue weighted by molar-refractivity contribution is -0.158. The predicted molar refractivity (Wildman–Crippen MR) is 125 cm³/mol. The Balaban J connectivity index is 2.12. The Hall–Kier alpha value is -3.10. The molecule has 2 atom stereocenters. The first-order valence-corrected chi connectivity index (χ1v) is 11.5. The van der Waals surface area contributed by atoms with E-state index in [1.807, 2.05) is 30.3 Å². The predicted octanol–water partition coefficient (Wildman–Crippen LogP) is 3.35. The first kappa shape index (κ1) is 27.1. The van der Waals surface area contributed by atoms with E-state index < -0.39 is 53.6 Å². The Bertz CT molecular complexity index is 841. The van der Waals surface area contributed by atoms with Gasteiger partial charge in [0.2, 0.25) is 5.91 Å². The number of benzene rings is 1. The second-order valence-corrected chi connectivity index (χ2v) is 10.3. The van der Waals surface area contributed by atoms with Gasteiger partial charge >= 0.3 is 18.0 Å². The second-order valence-electron chi connectivity index (χ2n) is 10.3. The minimum atomic E-state index is -1.24. The highest BCUT2D eigenvalue weighted by atomic mass is 16.6. The molecule has 34 heavy (non-hydrogen) atoms. The Morgan fingerprint density at radius 1 is 1.00 bits per heavy atom. The lowest BCUT2D eigenvalue weighted by atomic mass is 10.1. The van der Waals surface area contributed by atoms with Crippen LogP contribution in [0.5, 0.6) is 0 Å². The first-order chi connectivity index (χ1) is 15.7. The van der Waals surface area contributed by atoms with E-state index >= 15 is 0 Å². The number of hydrogen-bond donors (Lipinski definition) is 1. The molecule has 1 aromatic rings. The number of ether oxygens (including phenoxy) is 3. The van der Waals surface area contributed by atoms with Gasteiger partial charge < -0.3 is 24.4 Å². The topological polar surface area (TPSA) is 111 Å². The highest BCUT2D eigenvalue weighted by Crippen LogP contribution is 2.22. The summed E-state index contributed by atoms with van der Waals surface area (Å²) in [6.07, 6.45) is -0.192. The van der Waals surface area contributed by atoms with Gasteiger partial charge in [-0.3, -0.25) is 9.59 Å². The molecule has 0 bridgehead atoms. The summed E-state index contributed by atoms with van der Waals surface area (Å²) in [5.74, 6) is -1.73. The number of alkyl carbamates (subject to hydrolysis) is 1. The van der Waals surface area contributed by atoms with Gasteiger partial charge in [-0.05, 0) is 59.9 Å². The molecule has 188 valence electrons. The highest BCUT2D eigenvalue weighted by molar-refractivity contribution is 5.92. The summed E-state index contributed by atoms with van der Waals surface area (Å²) >= 11 is 0. The molecule has 0 radical (unpaired) electrons. The fourth-order valence-electron chi connectivity index (χ4n) is 3.50. The third-order valence-electron chi connectivity index (χ3n) is 4.81. The van der Waals surface area contributed by atoms with Crippen molar-refractivity contribution in [3.8, 4) is 0 Å². The summed E-state index contributed by atoms with van der Waals surface area (Å²) in [4.78, 5) is 52.3.